The van der Waals surface area contributed by atoms with Crippen LogP contribution in [0.15, 0.2) is 47.4 Å². The summed E-state index contributed by atoms with van der Waals surface area (Å²) in [5.41, 5.74) is 1.91. The third-order valence-electron chi connectivity index (χ3n) is 4.00. The summed E-state index contributed by atoms with van der Waals surface area (Å²) in [7, 11) is 0.0275. The fourth-order valence-electron chi connectivity index (χ4n) is 2.51. The molecule has 0 unspecified atom stereocenters. The van der Waals surface area contributed by atoms with Gasteiger partial charge in [0.05, 0.1) is 0 Å². The summed E-state index contributed by atoms with van der Waals surface area (Å²) in [4.78, 5) is 14.3. The molecule has 146 valence electrons. The van der Waals surface area contributed by atoms with Crippen molar-refractivity contribution in [3.63, 3.8) is 0 Å². The van der Waals surface area contributed by atoms with E-state index < -0.39 is 10.1 Å². The van der Waals surface area contributed by atoms with Gasteiger partial charge in [-0.25, -0.2) is 0 Å². The van der Waals surface area contributed by atoms with Gasteiger partial charge < -0.3 is 14.4 Å². The number of hydrogen-bond acceptors (Lipinski definition) is 5. The lowest BCUT2D eigenvalue weighted by Crippen LogP contribution is -2.27. The van der Waals surface area contributed by atoms with Crippen molar-refractivity contribution in [3.05, 3.63) is 59.2 Å². The molecule has 0 atom stereocenters. The maximum atomic E-state index is 12.5. The monoisotopic (exact) mass is 390 g/mol. The number of rotatable bonds is 8. The summed E-state index contributed by atoms with van der Waals surface area (Å²) in [6.07, 6.45) is 0.855. The van der Waals surface area contributed by atoms with Crippen molar-refractivity contribution < 1.29 is 17.4 Å². The van der Waals surface area contributed by atoms with Crippen molar-refractivity contribution in [2.24, 2.45) is 0 Å². The molecule has 0 aliphatic rings. The molecule has 2 aromatic carbocycles. The lowest BCUT2D eigenvalue weighted by Gasteiger charge is -2.11. The second-order valence-electron chi connectivity index (χ2n) is 6.74. The van der Waals surface area contributed by atoms with E-state index in [0.29, 0.717) is 17.7 Å². The molecule has 0 heterocycles. The fourth-order valence-corrected chi connectivity index (χ4v) is 3.76. The Morgan fingerprint density at radius 2 is 1.74 bits per heavy atom. The van der Waals surface area contributed by atoms with Crippen LogP contribution < -0.4 is 9.50 Å². The molecule has 7 heteroatoms. The molecule has 27 heavy (non-hydrogen) atoms. The van der Waals surface area contributed by atoms with Crippen molar-refractivity contribution in [1.82, 2.24) is 10.2 Å². The Bertz CT molecular complexity index is 891. The van der Waals surface area contributed by atoms with E-state index in [1.807, 2.05) is 27.1 Å². The van der Waals surface area contributed by atoms with E-state index in [9.17, 15) is 13.2 Å². The molecule has 0 aliphatic heterocycles. The Balaban J connectivity index is 2.02. The zero-order valence-electron chi connectivity index (χ0n) is 16.2. The Morgan fingerprint density at radius 1 is 1.07 bits per heavy atom. The summed E-state index contributed by atoms with van der Waals surface area (Å²) in [6, 6.07) is 11.2. The van der Waals surface area contributed by atoms with Crippen LogP contribution in [0.25, 0.3) is 0 Å². The predicted molar refractivity (Wildman–Crippen MR) is 106 cm³/mol. The average molecular weight is 391 g/mol. The second kappa shape index (κ2) is 9.01. The van der Waals surface area contributed by atoms with Crippen LogP contribution >= 0.6 is 0 Å². The van der Waals surface area contributed by atoms with Gasteiger partial charge in [-0.15, -0.1) is 0 Å². The molecule has 0 saturated heterocycles. The first-order chi connectivity index (χ1) is 12.7. The van der Waals surface area contributed by atoms with Crippen LogP contribution in [0.2, 0.25) is 0 Å². The third kappa shape index (κ3) is 6.08. The van der Waals surface area contributed by atoms with Crippen LogP contribution in [0.1, 0.15) is 27.9 Å². The molecule has 0 fully saturated rings. The number of amides is 1. The van der Waals surface area contributed by atoms with Crippen LogP contribution in [-0.4, -0.2) is 46.4 Å². The van der Waals surface area contributed by atoms with Gasteiger partial charge in [-0.2, -0.15) is 8.42 Å². The van der Waals surface area contributed by atoms with E-state index in [0.717, 1.165) is 18.5 Å². The smallest absolute Gasteiger partial charge is 0.339 e. The van der Waals surface area contributed by atoms with Crippen molar-refractivity contribution in [2.45, 2.75) is 25.2 Å². The minimum atomic E-state index is -3.93. The quantitative estimate of drug-likeness (QED) is 0.554. The van der Waals surface area contributed by atoms with E-state index in [4.69, 9.17) is 4.18 Å². The predicted octanol–water partition coefficient (Wildman–Crippen LogP) is 2.75. The highest BCUT2D eigenvalue weighted by atomic mass is 32.2. The van der Waals surface area contributed by atoms with Gasteiger partial charge in [0, 0.05) is 12.1 Å². The largest absolute Gasteiger partial charge is 0.379 e. The summed E-state index contributed by atoms with van der Waals surface area (Å²) in [6.45, 7) is 5.02. The van der Waals surface area contributed by atoms with Gasteiger partial charge in [-0.3, -0.25) is 4.79 Å². The second-order valence-corrected chi connectivity index (χ2v) is 8.26. The highest BCUT2D eigenvalue weighted by Crippen LogP contribution is 2.22. The van der Waals surface area contributed by atoms with Crippen LogP contribution in [0.3, 0.4) is 0 Å². The van der Waals surface area contributed by atoms with Crippen LogP contribution in [0.4, 0.5) is 0 Å². The number of carbonyl (C=O) groups is 1. The molecular formula is C20H26N2O4S. The molecule has 1 N–H and O–H groups in total. The van der Waals surface area contributed by atoms with E-state index in [-0.39, 0.29) is 16.6 Å². The lowest BCUT2D eigenvalue weighted by molar-refractivity contribution is 0.0952. The normalized spacial score (nSPS) is 11.4. The minimum absolute atomic E-state index is 0.144. The molecule has 6 nitrogen and oxygen atoms in total. The number of benzene rings is 2. The molecule has 0 saturated carbocycles. The Kier molecular flexibility index (Phi) is 6.98. The Labute approximate surface area is 161 Å². The molecule has 0 aromatic heterocycles. The van der Waals surface area contributed by atoms with Gasteiger partial charge >= 0.3 is 10.1 Å². The van der Waals surface area contributed by atoms with Gasteiger partial charge in [0.2, 0.25) is 0 Å². The first-order valence-electron chi connectivity index (χ1n) is 8.74. The van der Waals surface area contributed by atoms with E-state index in [1.165, 1.54) is 12.1 Å². The number of hydrogen-bond donors (Lipinski definition) is 1. The first kappa shape index (κ1) is 20.9. The molecule has 0 aliphatic carbocycles. The van der Waals surface area contributed by atoms with E-state index in [1.54, 1.807) is 31.2 Å². The van der Waals surface area contributed by atoms with Crippen LogP contribution in [-0.2, 0) is 10.1 Å². The van der Waals surface area contributed by atoms with E-state index >= 15 is 0 Å². The Morgan fingerprint density at radius 3 is 2.37 bits per heavy atom. The molecule has 2 aromatic rings. The topological polar surface area (TPSA) is 75.7 Å². The fraction of sp³-hybridized carbons (Fsp3) is 0.350. The van der Waals surface area contributed by atoms with Gasteiger partial charge in [0.15, 0.2) is 0 Å². The summed E-state index contributed by atoms with van der Waals surface area (Å²) in [5.74, 6) is -0.0299. The van der Waals surface area contributed by atoms with Gasteiger partial charge in [-0.05, 0) is 82.4 Å². The van der Waals surface area contributed by atoms with E-state index in [2.05, 4.69) is 10.2 Å². The lowest BCUT2D eigenvalue weighted by atomic mass is 10.2. The maximum Gasteiger partial charge on any atom is 0.339 e. The molecule has 0 spiro atoms. The SMILES string of the molecule is Cc1ccc(C)c(S(=O)(=O)Oc2ccc(C(=O)NCCCN(C)C)cc2)c1. The molecule has 1 amide bonds. The number of nitrogens with zero attached hydrogens (tertiary/aromatic N) is 1. The van der Waals surface area contributed by atoms with Crippen molar-refractivity contribution in [1.29, 1.82) is 0 Å². The molecule has 0 bridgehead atoms. The highest BCUT2D eigenvalue weighted by Gasteiger charge is 2.19. The Hall–Kier alpha value is -2.38. The number of aryl methyl sites for hydroxylation is 2. The zero-order valence-corrected chi connectivity index (χ0v) is 17.0. The average Bonchev–Trinajstić information content (AvgIpc) is 2.60. The maximum absolute atomic E-state index is 12.5. The van der Waals surface area contributed by atoms with Crippen molar-refractivity contribution in [3.8, 4) is 5.75 Å². The van der Waals surface area contributed by atoms with Crippen LogP contribution in [0, 0.1) is 13.8 Å². The van der Waals surface area contributed by atoms with Crippen molar-refractivity contribution in [2.75, 3.05) is 27.2 Å². The van der Waals surface area contributed by atoms with Crippen LogP contribution in [0.5, 0.6) is 5.75 Å². The van der Waals surface area contributed by atoms with Gasteiger partial charge in [0.25, 0.3) is 5.91 Å². The zero-order chi connectivity index (χ0) is 20.0. The minimum Gasteiger partial charge on any atom is -0.379 e. The van der Waals surface area contributed by atoms with Crippen molar-refractivity contribution >= 4 is 16.0 Å². The summed E-state index contributed by atoms with van der Waals surface area (Å²) in [5, 5.41) is 2.84. The highest BCUT2D eigenvalue weighted by molar-refractivity contribution is 7.87. The molecule has 0 radical (unpaired) electrons. The molecule has 2 rings (SSSR count). The standard InChI is InChI=1S/C20H26N2O4S/c1-15-6-7-16(2)19(14-15)27(24,25)26-18-10-8-17(9-11-18)20(23)21-12-5-13-22(3)4/h6-11,14H,5,12-13H2,1-4H3,(H,21,23). The summed E-state index contributed by atoms with van der Waals surface area (Å²) >= 11 is 0. The third-order valence-corrected chi connectivity index (χ3v) is 5.39. The van der Waals surface area contributed by atoms with Gasteiger partial charge in [-0.1, -0.05) is 12.1 Å². The number of carbonyl (C=O) groups excluding carboxylic acids is 1. The first-order valence-corrected chi connectivity index (χ1v) is 10.1. The molecular weight excluding hydrogens is 364 g/mol. The summed E-state index contributed by atoms with van der Waals surface area (Å²) < 4.78 is 30.3. The number of nitrogens with one attached hydrogen (secondary N) is 1. The van der Waals surface area contributed by atoms with Gasteiger partial charge in [0.1, 0.15) is 10.6 Å².